The molecule has 1 amide bonds. The summed E-state index contributed by atoms with van der Waals surface area (Å²) in [7, 11) is 0. The van der Waals surface area contributed by atoms with Gasteiger partial charge in [-0.25, -0.2) is 0 Å². The van der Waals surface area contributed by atoms with Gasteiger partial charge in [0.15, 0.2) is 0 Å². The van der Waals surface area contributed by atoms with Gasteiger partial charge in [0.05, 0.1) is 6.54 Å². The predicted octanol–water partition coefficient (Wildman–Crippen LogP) is 2.88. The van der Waals surface area contributed by atoms with Crippen LogP contribution in [0.2, 0.25) is 0 Å². The molecule has 4 heteroatoms. The van der Waals surface area contributed by atoms with E-state index in [0.717, 1.165) is 24.3 Å². The molecule has 1 saturated heterocycles. The quantitative estimate of drug-likeness (QED) is 0.841. The van der Waals surface area contributed by atoms with Gasteiger partial charge in [0.25, 0.3) is 0 Å². The molecule has 0 aliphatic carbocycles. The molecule has 1 unspecified atom stereocenters. The van der Waals surface area contributed by atoms with Crippen molar-refractivity contribution in [3.8, 4) is 0 Å². The van der Waals surface area contributed by atoms with Gasteiger partial charge < -0.3 is 11.1 Å². The average molecular weight is 289 g/mol. The molecule has 116 valence electrons. The van der Waals surface area contributed by atoms with Crippen molar-refractivity contribution < 1.29 is 4.79 Å². The van der Waals surface area contributed by atoms with Crippen molar-refractivity contribution in [2.75, 3.05) is 30.7 Å². The van der Waals surface area contributed by atoms with Gasteiger partial charge in [-0.3, -0.25) is 9.69 Å². The third-order valence-electron chi connectivity index (χ3n) is 4.51. The number of carbonyl (C=O) groups excluding carboxylic acids is 1. The lowest BCUT2D eigenvalue weighted by Gasteiger charge is -2.27. The number of nitrogen functional groups attached to an aromatic ring is 1. The smallest absolute Gasteiger partial charge is 0.238 e. The summed E-state index contributed by atoms with van der Waals surface area (Å²) in [6.45, 7) is 11.2. The van der Waals surface area contributed by atoms with Crippen molar-refractivity contribution in [3.63, 3.8) is 0 Å². The van der Waals surface area contributed by atoms with Gasteiger partial charge in [-0.1, -0.05) is 26.8 Å². The van der Waals surface area contributed by atoms with Crippen LogP contribution in [0, 0.1) is 18.3 Å². The van der Waals surface area contributed by atoms with Crippen molar-refractivity contribution in [2.24, 2.45) is 11.3 Å². The summed E-state index contributed by atoms with van der Waals surface area (Å²) in [5.41, 5.74) is 8.63. The molecule has 0 spiro atoms. The summed E-state index contributed by atoms with van der Waals surface area (Å²) < 4.78 is 0. The minimum atomic E-state index is 0.0401. The predicted molar refractivity (Wildman–Crippen MR) is 88.2 cm³/mol. The first kappa shape index (κ1) is 15.8. The van der Waals surface area contributed by atoms with Gasteiger partial charge in [0.1, 0.15) is 0 Å². The summed E-state index contributed by atoms with van der Waals surface area (Å²) in [4.78, 5) is 14.4. The number of nitrogens with one attached hydrogen (secondary N) is 1. The molecule has 1 heterocycles. The maximum Gasteiger partial charge on any atom is 0.238 e. The van der Waals surface area contributed by atoms with E-state index in [4.69, 9.17) is 5.73 Å². The van der Waals surface area contributed by atoms with Crippen LogP contribution in [0.1, 0.15) is 32.8 Å². The maximum atomic E-state index is 12.2. The summed E-state index contributed by atoms with van der Waals surface area (Å²) in [6, 6.07) is 5.61. The second-order valence-corrected chi connectivity index (χ2v) is 7.15. The van der Waals surface area contributed by atoms with Gasteiger partial charge in [-0.05, 0) is 48.9 Å². The van der Waals surface area contributed by atoms with Crippen LogP contribution in [-0.4, -0.2) is 30.4 Å². The number of nitrogens with two attached hydrogens (primary N) is 1. The number of benzene rings is 1. The van der Waals surface area contributed by atoms with E-state index in [1.807, 2.05) is 25.1 Å². The van der Waals surface area contributed by atoms with Crippen molar-refractivity contribution in [2.45, 2.75) is 34.1 Å². The Kier molecular flexibility index (Phi) is 4.57. The summed E-state index contributed by atoms with van der Waals surface area (Å²) >= 11 is 0. The Balaban J connectivity index is 1.90. The van der Waals surface area contributed by atoms with E-state index >= 15 is 0 Å². The molecule has 1 aliphatic heterocycles. The molecule has 1 atom stereocenters. The van der Waals surface area contributed by atoms with Gasteiger partial charge in [-0.15, -0.1) is 0 Å². The SMILES string of the molecule is Cc1c(N)cccc1NC(=O)CN1CCC(C(C)(C)C)C1. The van der Waals surface area contributed by atoms with Crippen LogP contribution >= 0.6 is 0 Å². The molecule has 0 bridgehead atoms. The number of hydrogen-bond acceptors (Lipinski definition) is 3. The molecule has 2 rings (SSSR count). The van der Waals surface area contributed by atoms with Gasteiger partial charge >= 0.3 is 0 Å². The van der Waals surface area contributed by atoms with Crippen molar-refractivity contribution in [1.29, 1.82) is 0 Å². The minimum absolute atomic E-state index is 0.0401. The lowest BCUT2D eigenvalue weighted by Crippen LogP contribution is -2.33. The van der Waals surface area contributed by atoms with Crippen molar-refractivity contribution >= 4 is 17.3 Å². The Morgan fingerprint density at radius 1 is 1.43 bits per heavy atom. The number of hydrogen-bond donors (Lipinski definition) is 2. The summed E-state index contributed by atoms with van der Waals surface area (Å²) in [5, 5.41) is 2.97. The van der Waals surface area contributed by atoms with Crippen LogP contribution in [0.5, 0.6) is 0 Å². The Hall–Kier alpha value is -1.55. The average Bonchev–Trinajstić information content (AvgIpc) is 2.83. The number of rotatable bonds is 3. The van der Waals surface area contributed by atoms with E-state index in [-0.39, 0.29) is 5.91 Å². The van der Waals surface area contributed by atoms with Crippen molar-refractivity contribution in [3.05, 3.63) is 23.8 Å². The maximum absolute atomic E-state index is 12.2. The Morgan fingerprint density at radius 2 is 2.14 bits per heavy atom. The zero-order chi connectivity index (χ0) is 15.6. The number of anilines is 2. The zero-order valence-electron chi connectivity index (χ0n) is 13.6. The molecule has 0 aromatic heterocycles. The second-order valence-electron chi connectivity index (χ2n) is 7.15. The molecule has 1 aromatic carbocycles. The van der Waals surface area contributed by atoms with Crippen LogP contribution in [0.3, 0.4) is 0 Å². The van der Waals surface area contributed by atoms with Gasteiger partial charge in [-0.2, -0.15) is 0 Å². The van der Waals surface area contributed by atoms with Crippen LogP contribution in [0.15, 0.2) is 18.2 Å². The number of likely N-dealkylation sites (tertiary alicyclic amines) is 1. The zero-order valence-corrected chi connectivity index (χ0v) is 13.6. The van der Waals surface area contributed by atoms with E-state index in [2.05, 4.69) is 31.0 Å². The first-order chi connectivity index (χ1) is 9.77. The minimum Gasteiger partial charge on any atom is -0.398 e. The normalized spacial score (nSPS) is 19.7. The number of amides is 1. The standard InChI is InChI=1S/C17H27N3O/c1-12-14(18)6-5-7-15(12)19-16(21)11-20-9-8-13(10-20)17(2,3)4/h5-7,13H,8-11,18H2,1-4H3,(H,19,21). The Bertz CT molecular complexity index is 519. The highest BCUT2D eigenvalue weighted by atomic mass is 16.2. The second kappa shape index (κ2) is 6.06. The highest BCUT2D eigenvalue weighted by Crippen LogP contribution is 2.33. The van der Waals surface area contributed by atoms with Crippen molar-refractivity contribution in [1.82, 2.24) is 4.90 Å². The fourth-order valence-electron chi connectivity index (χ4n) is 2.86. The number of carbonyl (C=O) groups is 1. The first-order valence-corrected chi connectivity index (χ1v) is 7.64. The highest BCUT2D eigenvalue weighted by molar-refractivity contribution is 5.93. The fraction of sp³-hybridized carbons (Fsp3) is 0.588. The van der Waals surface area contributed by atoms with Crippen LogP contribution in [-0.2, 0) is 4.79 Å². The molecule has 3 N–H and O–H groups in total. The van der Waals surface area contributed by atoms with Crippen LogP contribution in [0.25, 0.3) is 0 Å². The van der Waals surface area contributed by atoms with E-state index < -0.39 is 0 Å². The van der Waals surface area contributed by atoms with Gasteiger partial charge in [0, 0.05) is 17.9 Å². The number of nitrogens with zero attached hydrogens (tertiary/aromatic N) is 1. The van der Waals surface area contributed by atoms with Crippen LogP contribution < -0.4 is 11.1 Å². The molecule has 21 heavy (non-hydrogen) atoms. The lowest BCUT2D eigenvalue weighted by molar-refractivity contribution is -0.117. The molecule has 1 aliphatic rings. The molecular weight excluding hydrogens is 262 g/mol. The molecular formula is C17H27N3O. The van der Waals surface area contributed by atoms with Gasteiger partial charge in [0.2, 0.25) is 5.91 Å². The fourth-order valence-corrected chi connectivity index (χ4v) is 2.86. The van der Waals surface area contributed by atoms with E-state index in [9.17, 15) is 4.79 Å². The third-order valence-corrected chi connectivity index (χ3v) is 4.51. The van der Waals surface area contributed by atoms with E-state index in [1.54, 1.807) is 0 Å². The molecule has 1 aromatic rings. The molecule has 4 nitrogen and oxygen atoms in total. The first-order valence-electron chi connectivity index (χ1n) is 7.64. The summed E-state index contributed by atoms with van der Waals surface area (Å²) in [6.07, 6.45) is 1.17. The monoisotopic (exact) mass is 289 g/mol. The van der Waals surface area contributed by atoms with E-state index in [0.29, 0.717) is 23.6 Å². The lowest BCUT2D eigenvalue weighted by atomic mass is 9.80. The molecule has 0 saturated carbocycles. The van der Waals surface area contributed by atoms with E-state index in [1.165, 1.54) is 6.42 Å². The molecule has 0 radical (unpaired) electrons. The largest absolute Gasteiger partial charge is 0.398 e. The summed E-state index contributed by atoms with van der Waals surface area (Å²) in [5.74, 6) is 0.706. The highest BCUT2D eigenvalue weighted by Gasteiger charge is 2.32. The Labute approximate surface area is 127 Å². The third kappa shape index (κ3) is 3.97. The van der Waals surface area contributed by atoms with Crippen LogP contribution in [0.4, 0.5) is 11.4 Å². The Morgan fingerprint density at radius 3 is 2.76 bits per heavy atom. The topological polar surface area (TPSA) is 58.4 Å². The molecule has 1 fully saturated rings.